The van der Waals surface area contributed by atoms with Gasteiger partial charge < -0.3 is 9.64 Å². The smallest absolute Gasteiger partial charge is 0.268 e. The molecular formula is C18H15Cl2NO3. The zero-order valence-corrected chi connectivity index (χ0v) is 14.7. The molecule has 0 spiro atoms. The molecular weight excluding hydrogens is 349 g/mol. The molecule has 1 aliphatic rings. The lowest BCUT2D eigenvalue weighted by Crippen LogP contribution is -2.44. The number of aryl methyl sites for hydroxylation is 1. The van der Waals surface area contributed by atoms with E-state index in [2.05, 4.69) is 0 Å². The van der Waals surface area contributed by atoms with Gasteiger partial charge in [0.05, 0.1) is 17.8 Å². The van der Waals surface area contributed by atoms with Gasteiger partial charge in [0.2, 0.25) is 0 Å². The quantitative estimate of drug-likeness (QED) is 0.761. The van der Waals surface area contributed by atoms with E-state index in [0.29, 0.717) is 23.0 Å². The highest BCUT2D eigenvalue weighted by molar-refractivity contribution is 6.68. The summed E-state index contributed by atoms with van der Waals surface area (Å²) in [5, 5.41) is -0.358. The number of amides is 1. The Balaban J connectivity index is 2.08. The molecule has 2 aromatic carbocycles. The highest BCUT2D eigenvalue weighted by atomic mass is 35.5. The van der Waals surface area contributed by atoms with Gasteiger partial charge in [-0.2, -0.15) is 0 Å². The van der Waals surface area contributed by atoms with E-state index in [1.165, 1.54) is 6.07 Å². The monoisotopic (exact) mass is 363 g/mol. The summed E-state index contributed by atoms with van der Waals surface area (Å²) in [6, 6.07) is 10.9. The summed E-state index contributed by atoms with van der Waals surface area (Å²) >= 11 is 11.7. The second-order valence-electron chi connectivity index (χ2n) is 5.75. The molecule has 0 fully saturated rings. The maximum Gasteiger partial charge on any atom is 0.268 e. The Labute approximate surface area is 149 Å². The Bertz CT molecular complexity index is 818. The Morgan fingerprint density at radius 3 is 2.54 bits per heavy atom. The minimum absolute atomic E-state index is 0.160. The Morgan fingerprint density at radius 1 is 1.25 bits per heavy atom. The Hall–Kier alpha value is -2.04. The summed E-state index contributed by atoms with van der Waals surface area (Å²) in [5.74, 6) is 0.0944. The predicted molar refractivity (Wildman–Crippen MR) is 94.1 cm³/mol. The van der Waals surface area contributed by atoms with E-state index in [9.17, 15) is 9.59 Å². The zero-order chi connectivity index (χ0) is 17.4. The number of benzene rings is 2. The Kier molecular flexibility index (Phi) is 4.52. The third-order valence-electron chi connectivity index (χ3n) is 3.91. The number of fused-ring (bicyclic) bond motifs is 1. The fourth-order valence-electron chi connectivity index (χ4n) is 2.65. The van der Waals surface area contributed by atoms with Crippen molar-refractivity contribution in [2.75, 3.05) is 4.90 Å². The molecule has 1 amide bonds. The highest BCUT2D eigenvalue weighted by Gasteiger charge is 2.34. The Morgan fingerprint density at radius 2 is 1.92 bits per heavy atom. The SMILES string of the molecule is Cc1ccc(CN2C(=O)C(C)Oc3c(C(=O)Cl)cc(Cl)cc32)cc1. The fourth-order valence-corrected chi connectivity index (χ4v) is 3.01. The standard InChI is InChI=1S/C18H15Cl2NO3/c1-10-3-5-12(6-4-10)9-21-15-8-13(19)7-14(17(20)22)16(15)24-11(2)18(21)23/h3-8,11H,9H2,1-2H3. The molecule has 24 heavy (non-hydrogen) atoms. The van der Waals surface area contributed by atoms with E-state index in [4.69, 9.17) is 27.9 Å². The molecule has 4 nitrogen and oxygen atoms in total. The van der Waals surface area contributed by atoms with Crippen LogP contribution in [0.15, 0.2) is 36.4 Å². The van der Waals surface area contributed by atoms with Crippen molar-refractivity contribution in [3.63, 3.8) is 0 Å². The molecule has 0 aliphatic carbocycles. The number of halogens is 2. The van der Waals surface area contributed by atoms with Gasteiger partial charge in [-0.25, -0.2) is 0 Å². The van der Waals surface area contributed by atoms with Crippen molar-refractivity contribution in [1.29, 1.82) is 0 Å². The number of hydrogen-bond acceptors (Lipinski definition) is 3. The fraction of sp³-hybridized carbons (Fsp3) is 0.222. The molecule has 1 unspecified atom stereocenters. The average molecular weight is 364 g/mol. The number of rotatable bonds is 3. The van der Waals surface area contributed by atoms with Crippen LogP contribution in [-0.4, -0.2) is 17.3 Å². The molecule has 0 radical (unpaired) electrons. The van der Waals surface area contributed by atoms with Gasteiger partial charge in [0.25, 0.3) is 11.1 Å². The van der Waals surface area contributed by atoms with Crippen molar-refractivity contribution in [2.45, 2.75) is 26.5 Å². The third-order valence-corrected chi connectivity index (χ3v) is 4.33. The predicted octanol–water partition coefficient (Wildman–Crippen LogP) is 4.34. The summed E-state index contributed by atoms with van der Waals surface area (Å²) < 4.78 is 5.62. The maximum absolute atomic E-state index is 12.6. The van der Waals surface area contributed by atoms with Crippen LogP contribution in [-0.2, 0) is 11.3 Å². The first-order valence-corrected chi connectivity index (χ1v) is 8.19. The van der Waals surface area contributed by atoms with E-state index in [1.54, 1.807) is 17.9 Å². The van der Waals surface area contributed by atoms with Crippen LogP contribution in [0.4, 0.5) is 5.69 Å². The first-order chi connectivity index (χ1) is 11.4. The van der Waals surface area contributed by atoms with Crippen LogP contribution in [0.3, 0.4) is 0 Å². The average Bonchev–Trinajstić information content (AvgIpc) is 2.53. The van der Waals surface area contributed by atoms with Gasteiger partial charge in [-0.1, -0.05) is 41.4 Å². The molecule has 1 heterocycles. The second-order valence-corrected chi connectivity index (χ2v) is 6.53. The van der Waals surface area contributed by atoms with Gasteiger partial charge in [0.1, 0.15) is 0 Å². The number of hydrogen-bond donors (Lipinski definition) is 0. The van der Waals surface area contributed by atoms with Crippen molar-refractivity contribution >= 4 is 40.0 Å². The molecule has 0 bridgehead atoms. The number of ether oxygens (including phenoxy) is 1. The summed E-state index contributed by atoms with van der Waals surface area (Å²) in [4.78, 5) is 25.8. The molecule has 0 saturated heterocycles. The maximum atomic E-state index is 12.6. The van der Waals surface area contributed by atoms with Gasteiger partial charge in [-0.05, 0) is 43.1 Å². The largest absolute Gasteiger partial charge is 0.478 e. The van der Waals surface area contributed by atoms with E-state index in [0.717, 1.165) is 11.1 Å². The van der Waals surface area contributed by atoms with Crippen molar-refractivity contribution in [2.24, 2.45) is 0 Å². The van der Waals surface area contributed by atoms with Crippen LogP contribution in [0.25, 0.3) is 0 Å². The lowest BCUT2D eigenvalue weighted by molar-refractivity contribution is -0.125. The molecule has 1 aliphatic heterocycles. The van der Waals surface area contributed by atoms with E-state index in [-0.39, 0.29) is 11.5 Å². The topological polar surface area (TPSA) is 46.6 Å². The molecule has 2 aromatic rings. The molecule has 0 N–H and O–H groups in total. The molecule has 1 atom stereocenters. The van der Waals surface area contributed by atoms with Gasteiger partial charge >= 0.3 is 0 Å². The van der Waals surface area contributed by atoms with Gasteiger partial charge in [-0.3, -0.25) is 9.59 Å². The van der Waals surface area contributed by atoms with Crippen LogP contribution >= 0.6 is 23.2 Å². The van der Waals surface area contributed by atoms with E-state index < -0.39 is 11.3 Å². The number of carbonyl (C=O) groups excluding carboxylic acids is 2. The van der Waals surface area contributed by atoms with Crippen molar-refractivity contribution in [3.05, 3.63) is 58.1 Å². The number of anilines is 1. The van der Waals surface area contributed by atoms with Crippen molar-refractivity contribution in [1.82, 2.24) is 0 Å². The first-order valence-electron chi connectivity index (χ1n) is 7.44. The van der Waals surface area contributed by atoms with Crippen LogP contribution < -0.4 is 9.64 Å². The van der Waals surface area contributed by atoms with Crippen LogP contribution in [0.2, 0.25) is 5.02 Å². The summed E-state index contributed by atoms with van der Waals surface area (Å²) in [7, 11) is 0. The molecule has 3 rings (SSSR count). The number of carbonyl (C=O) groups is 2. The summed E-state index contributed by atoms with van der Waals surface area (Å²) in [6.45, 7) is 4.00. The van der Waals surface area contributed by atoms with Crippen LogP contribution in [0.1, 0.15) is 28.4 Å². The minimum Gasteiger partial charge on any atom is -0.478 e. The van der Waals surface area contributed by atoms with Gasteiger partial charge in [0, 0.05) is 5.02 Å². The number of nitrogens with zero attached hydrogens (tertiary/aromatic N) is 1. The second kappa shape index (κ2) is 6.46. The molecule has 0 saturated carbocycles. The lowest BCUT2D eigenvalue weighted by Gasteiger charge is -2.34. The van der Waals surface area contributed by atoms with Crippen LogP contribution in [0.5, 0.6) is 5.75 Å². The first kappa shape index (κ1) is 16.8. The van der Waals surface area contributed by atoms with E-state index in [1.807, 2.05) is 31.2 Å². The minimum atomic E-state index is -0.709. The van der Waals surface area contributed by atoms with Crippen LogP contribution in [0, 0.1) is 6.92 Å². The summed E-state index contributed by atoms with van der Waals surface area (Å²) in [6.07, 6.45) is -0.709. The van der Waals surface area contributed by atoms with E-state index >= 15 is 0 Å². The molecule has 124 valence electrons. The van der Waals surface area contributed by atoms with Gasteiger partial charge in [0.15, 0.2) is 11.9 Å². The third kappa shape index (κ3) is 3.12. The molecule has 6 heteroatoms. The highest BCUT2D eigenvalue weighted by Crippen LogP contribution is 2.41. The zero-order valence-electron chi connectivity index (χ0n) is 13.2. The van der Waals surface area contributed by atoms with Crippen molar-refractivity contribution < 1.29 is 14.3 Å². The normalized spacial score (nSPS) is 16.6. The summed E-state index contributed by atoms with van der Waals surface area (Å²) in [5.41, 5.74) is 2.72. The van der Waals surface area contributed by atoms with Gasteiger partial charge in [-0.15, -0.1) is 0 Å². The lowest BCUT2D eigenvalue weighted by atomic mass is 10.1. The van der Waals surface area contributed by atoms with Crippen molar-refractivity contribution in [3.8, 4) is 5.75 Å². The molecule has 0 aromatic heterocycles.